The molecular weight excluding hydrogens is 432 g/mol. The van der Waals surface area contributed by atoms with Gasteiger partial charge in [0.25, 0.3) is 0 Å². The highest BCUT2D eigenvalue weighted by Gasteiger charge is 2.37. The lowest BCUT2D eigenvalue weighted by Crippen LogP contribution is -2.42. The minimum atomic E-state index is -2.44. The van der Waals surface area contributed by atoms with Crippen LogP contribution in [0.1, 0.15) is 12.8 Å². The maximum Gasteiger partial charge on any atom is 0.500 e. The van der Waals surface area contributed by atoms with Crippen molar-refractivity contribution in [2.75, 3.05) is 42.7 Å². The molecule has 0 saturated carbocycles. The Hall–Kier alpha value is -1.67. The van der Waals surface area contributed by atoms with Crippen LogP contribution in [-0.4, -0.2) is 101 Å². The summed E-state index contributed by atoms with van der Waals surface area (Å²) in [5.41, 5.74) is 0. The first-order chi connectivity index (χ1) is 14.5. The van der Waals surface area contributed by atoms with Crippen molar-refractivity contribution in [3.8, 4) is 0 Å². The van der Waals surface area contributed by atoms with Crippen LogP contribution in [0.3, 0.4) is 0 Å². The monoisotopic (exact) mass is 464 g/mol. The third-order valence-electron chi connectivity index (χ3n) is 4.36. The Morgan fingerprint density at radius 2 is 1.23 bits per heavy atom. The Balaban J connectivity index is 0.000000300. The summed E-state index contributed by atoms with van der Waals surface area (Å²) in [6.07, 6.45) is 4.67. The molecule has 0 N–H and O–H groups in total. The molecule has 14 nitrogen and oxygen atoms in total. The summed E-state index contributed by atoms with van der Waals surface area (Å²) in [6.45, 7) is 1.42. The van der Waals surface area contributed by atoms with E-state index in [1.165, 1.54) is 11.1 Å². The minimum Gasteiger partial charge on any atom is -0.377 e. The molecule has 0 unspecified atom stereocenters. The third-order valence-corrected chi connectivity index (χ3v) is 10.0. The van der Waals surface area contributed by atoms with E-state index in [1.807, 2.05) is 0 Å². The summed E-state index contributed by atoms with van der Waals surface area (Å²) in [4.78, 5) is 1.53. The topological polar surface area (TPSA) is 143 Å². The number of nitrogens with zero attached hydrogens (tertiary/aromatic N) is 8. The Labute approximate surface area is 178 Å². The van der Waals surface area contributed by atoms with Crippen LogP contribution in [0.5, 0.6) is 0 Å². The van der Waals surface area contributed by atoms with E-state index in [4.69, 9.17) is 26.6 Å². The van der Waals surface area contributed by atoms with Gasteiger partial charge in [0.05, 0.1) is 6.54 Å². The zero-order valence-corrected chi connectivity index (χ0v) is 20.4. The first-order valence-electron chi connectivity index (χ1n) is 9.25. The second-order valence-corrected chi connectivity index (χ2v) is 12.1. The lowest BCUT2D eigenvalue weighted by atomic mass is 10.5. The number of tetrazole rings is 2. The molecule has 2 heterocycles. The van der Waals surface area contributed by atoms with Crippen LogP contribution in [0.25, 0.3) is 0 Å². The molecule has 0 aliphatic heterocycles. The fourth-order valence-electron chi connectivity index (χ4n) is 2.58. The largest absolute Gasteiger partial charge is 0.500 e. The highest BCUT2D eigenvalue weighted by atomic mass is 28.4. The summed E-state index contributed by atoms with van der Waals surface area (Å²) in [6, 6.07) is 1.48. The van der Waals surface area contributed by atoms with Gasteiger partial charge in [-0.1, -0.05) is 0 Å². The van der Waals surface area contributed by atoms with E-state index < -0.39 is 17.6 Å². The molecule has 0 fully saturated rings. The fourth-order valence-corrected chi connectivity index (χ4v) is 5.99. The third kappa shape index (κ3) is 8.60. The summed E-state index contributed by atoms with van der Waals surface area (Å²) in [5, 5.41) is 22.1. The zero-order valence-electron chi connectivity index (χ0n) is 18.4. The van der Waals surface area contributed by atoms with E-state index in [0.717, 1.165) is 31.5 Å². The van der Waals surface area contributed by atoms with E-state index in [1.54, 1.807) is 53.7 Å². The van der Waals surface area contributed by atoms with Crippen LogP contribution in [-0.2, 0) is 39.6 Å². The van der Waals surface area contributed by atoms with Gasteiger partial charge in [0.1, 0.15) is 6.33 Å². The van der Waals surface area contributed by atoms with Gasteiger partial charge in [0.15, 0.2) is 6.33 Å². The van der Waals surface area contributed by atoms with Crippen LogP contribution in [0.4, 0.5) is 0 Å². The van der Waals surface area contributed by atoms with Gasteiger partial charge in [-0.15, -0.1) is 15.3 Å². The maximum absolute atomic E-state index is 5.29. The number of hydrogen-bond acceptors (Lipinski definition) is 12. The molecule has 0 bridgehead atoms. The molecule has 0 spiro atoms. The molecule has 172 valence electrons. The van der Waals surface area contributed by atoms with Gasteiger partial charge in [-0.3, -0.25) is 0 Å². The predicted molar refractivity (Wildman–Crippen MR) is 108 cm³/mol. The Morgan fingerprint density at radius 1 is 0.700 bits per heavy atom. The standard InChI is InChI=1S/2C7H16N4O3Si/c1-12-15(13-2,14-3)6-4-5-11-7-8-9-10-11;1-12-15(13-2,14-3)6-4-5-11-9-7-8-10-11/h2*7H,4-6H2,1-3H3. The average Bonchev–Trinajstić information content (AvgIpc) is 3.50. The van der Waals surface area contributed by atoms with E-state index in [-0.39, 0.29) is 0 Å². The van der Waals surface area contributed by atoms with Crippen LogP contribution in [0.2, 0.25) is 12.1 Å². The molecule has 30 heavy (non-hydrogen) atoms. The van der Waals surface area contributed by atoms with Crippen molar-refractivity contribution in [2.45, 2.75) is 38.0 Å². The molecule has 0 aliphatic carbocycles. The van der Waals surface area contributed by atoms with E-state index >= 15 is 0 Å². The van der Waals surface area contributed by atoms with Crippen molar-refractivity contribution < 1.29 is 26.6 Å². The number of rotatable bonds is 14. The van der Waals surface area contributed by atoms with Crippen molar-refractivity contribution >= 4 is 17.6 Å². The van der Waals surface area contributed by atoms with E-state index in [0.29, 0.717) is 6.54 Å². The highest BCUT2D eigenvalue weighted by molar-refractivity contribution is 6.60. The maximum atomic E-state index is 5.29. The fraction of sp³-hybridized carbons (Fsp3) is 0.857. The molecule has 0 amide bonds. The first-order valence-corrected chi connectivity index (χ1v) is 13.1. The number of hydrogen-bond donors (Lipinski definition) is 0. The molecule has 0 aliphatic rings. The molecule has 0 aromatic carbocycles. The predicted octanol–water partition coefficient (Wildman–Crippen LogP) is -0.117. The minimum absolute atomic E-state index is 0.685. The summed E-state index contributed by atoms with van der Waals surface area (Å²) < 4.78 is 33.4. The SMILES string of the molecule is CO[Si](CCCn1cnnn1)(OC)OC.CO[Si](CCCn1ncnn1)(OC)OC. The molecule has 0 saturated heterocycles. The van der Waals surface area contributed by atoms with Crippen molar-refractivity contribution in [3.05, 3.63) is 12.7 Å². The van der Waals surface area contributed by atoms with Crippen molar-refractivity contribution in [1.29, 1.82) is 0 Å². The van der Waals surface area contributed by atoms with Crippen LogP contribution < -0.4 is 0 Å². The van der Waals surface area contributed by atoms with E-state index in [2.05, 4.69) is 30.9 Å². The van der Waals surface area contributed by atoms with Crippen LogP contribution in [0, 0.1) is 0 Å². The Kier molecular flexibility index (Phi) is 12.6. The summed E-state index contributed by atoms with van der Waals surface area (Å²) >= 11 is 0. The zero-order chi connectivity index (χ0) is 22.3. The lowest BCUT2D eigenvalue weighted by molar-refractivity contribution is 0.122. The quantitative estimate of drug-likeness (QED) is 0.344. The highest BCUT2D eigenvalue weighted by Crippen LogP contribution is 2.16. The summed E-state index contributed by atoms with van der Waals surface area (Å²) in [5.74, 6) is 0. The molecule has 0 radical (unpaired) electrons. The molecule has 16 heteroatoms. The number of aromatic nitrogens is 8. The molecule has 2 aromatic heterocycles. The Bertz CT molecular complexity index is 570. The molecule has 0 atom stereocenters. The first kappa shape index (κ1) is 26.4. The average molecular weight is 465 g/mol. The van der Waals surface area contributed by atoms with Crippen molar-refractivity contribution in [2.24, 2.45) is 0 Å². The van der Waals surface area contributed by atoms with E-state index in [9.17, 15) is 0 Å². The van der Waals surface area contributed by atoms with Gasteiger partial charge < -0.3 is 26.6 Å². The van der Waals surface area contributed by atoms with Crippen molar-refractivity contribution in [1.82, 2.24) is 40.4 Å². The lowest BCUT2D eigenvalue weighted by Gasteiger charge is -2.23. The van der Waals surface area contributed by atoms with Gasteiger partial charge >= 0.3 is 17.6 Å². The summed E-state index contributed by atoms with van der Waals surface area (Å²) in [7, 11) is 4.76. The van der Waals surface area contributed by atoms with Gasteiger partial charge in [0, 0.05) is 61.3 Å². The van der Waals surface area contributed by atoms with Gasteiger partial charge in [-0.2, -0.15) is 4.80 Å². The number of aryl methyl sites for hydroxylation is 2. The molecule has 2 aromatic rings. The molecular formula is C14H32N8O6Si2. The van der Waals surface area contributed by atoms with Gasteiger partial charge in [-0.05, 0) is 28.5 Å². The second kappa shape index (κ2) is 14.4. The smallest absolute Gasteiger partial charge is 0.377 e. The van der Waals surface area contributed by atoms with Gasteiger partial charge in [0.2, 0.25) is 0 Å². The van der Waals surface area contributed by atoms with Crippen LogP contribution in [0.15, 0.2) is 12.7 Å². The second-order valence-electron chi connectivity index (χ2n) is 5.90. The molecule has 2 rings (SSSR count). The Morgan fingerprint density at radius 3 is 1.63 bits per heavy atom. The van der Waals surface area contributed by atoms with Gasteiger partial charge in [-0.25, -0.2) is 4.68 Å². The van der Waals surface area contributed by atoms with Crippen LogP contribution >= 0.6 is 0 Å². The van der Waals surface area contributed by atoms with Crippen molar-refractivity contribution in [3.63, 3.8) is 0 Å². The normalized spacial score (nSPS) is 11.9.